The van der Waals surface area contributed by atoms with Crippen LogP contribution in [0, 0.1) is 0 Å². The van der Waals surface area contributed by atoms with Gasteiger partial charge < -0.3 is 15.8 Å². The summed E-state index contributed by atoms with van der Waals surface area (Å²) in [6.45, 7) is 2.24. The van der Waals surface area contributed by atoms with Crippen LogP contribution in [-0.2, 0) is 9.53 Å². The van der Waals surface area contributed by atoms with Gasteiger partial charge >= 0.3 is 5.97 Å². The number of thioether (sulfide) groups is 1. The largest absolute Gasteiger partial charge is 0.465 e. The molecular formula is C12H16N2O2S2. The molecule has 0 aliphatic carbocycles. The van der Waals surface area contributed by atoms with Crippen LogP contribution in [0.2, 0.25) is 0 Å². The van der Waals surface area contributed by atoms with Crippen molar-refractivity contribution in [3.8, 4) is 0 Å². The summed E-state index contributed by atoms with van der Waals surface area (Å²) in [5.74, 6) is -0.305. The van der Waals surface area contributed by atoms with Crippen LogP contribution in [0.15, 0.2) is 23.1 Å². The van der Waals surface area contributed by atoms with Crippen LogP contribution in [-0.4, -0.2) is 30.4 Å². The van der Waals surface area contributed by atoms with Gasteiger partial charge in [0.2, 0.25) is 0 Å². The van der Waals surface area contributed by atoms with Crippen LogP contribution in [0.5, 0.6) is 0 Å². The second-order valence-corrected chi connectivity index (χ2v) is 4.69. The molecular weight excluding hydrogens is 268 g/mol. The van der Waals surface area contributed by atoms with Gasteiger partial charge in [0.1, 0.15) is 11.5 Å². The Morgan fingerprint density at radius 1 is 1.56 bits per heavy atom. The fourth-order valence-electron chi connectivity index (χ4n) is 1.48. The molecule has 0 aromatic heterocycles. The molecule has 0 saturated carbocycles. The molecule has 1 aromatic rings. The minimum absolute atomic E-state index is 0.0985. The van der Waals surface area contributed by atoms with E-state index in [9.17, 15) is 4.79 Å². The van der Waals surface area contributed by atoms with E-state index >= 15 is 0 Å². The van der Waals surface area contributed by atoms with Crippen LogP contribution in [0.25, 0.3) is 0 Å². The second-order valence-electron chi connectivity index (χ2n) is 3.41. The van der Waals surface area contributed by atoms with E-state index in [1.807, 2.05) is 24.5 Å². The zero-order valence-corrected chi connectivity index (χ0v) is 12.0. The zero-order chi connectivity index (χ0) is 13.5. The van der Waals surface area contributed by atoms with E-state index in [2.05, 4.69) is 5.32 Å². The van der Waals surface area contributed by atoms with Gasteiger partial charge in [-0.1, -0.05) is 18.3 Å². The topological polar surface area (TPSA) is 64.3 Å². The molecule has 0 unspecified atom stereocenters. The van der Waals surface area contributed by atoms with Gasteiger partial charge in [0.25, 0.3) is 0 Å². The molecule has 0 bridgehead atoms. The highest BCUT2D eigenvalue weighted by Gasteiger charge is 2.11. The van der Waals surface area contributed by atoms with Crippen LogP contribution in [0.3, 0.4) is 0 Å². The number of anilines is 1. The molecule has 0 saturated heterocycles. The number of hydrogen-bond donors (Lipinski definition) is 2. The van der Waals surface area contributed by atoms with Crippen LogP contribution in [0.1, 0.15) is 12.5 Å². The molecule has 0 aliphatic rings. The highest BCUT2D eigenvalue weighted by molar-refractivity contribution is 7.98. The van der Waals surface area contributed by atoms with Crippen molar-refractivity contribution in [2.75, 3.05) is 24.7 Å². The Labute approximate surface area is 116 Å². The van der Waals surface area contributed by atoms with E-state index in [1.165, 1.54) is 0 Å². The summed E-state index contributed by atoms with van der Waals surface area (Å²) in [5, 5.41) is 3.00. The summed E-state index contributed by atoms with van der Waals surface area (Å²) in [4.78, 5) is 12.6. The predicted molar refractivity (Wildman–Crippen MR) is 79.2 cm³/mol. The number of nitrogens with one attached hydrogen (secondary N) is 1. The number of ether oxygens (including phenoxy) is 1. The van der Waals surface area contributed by atoms with Gasteiger partial charge in [0, 0.05) is 16.1 Å². The smallest absolute Gasteiger partial charge is 0.325 e. The normalized spacial score (nSPS) is 9.89. The Hall–Kier alpha value is -1.27. The van der Waals surface area contributed by atoms with Crippen LogP contribution >= 0.6 is 24.0 Å². The van der Waals surface area contributed by atoms with Gasteiger partial charge in [-0.05, 0) is 25.3 Å². The summed E-state index contributed by atoms with van der Waals surface area (Å²) in [6.07, 6.45) is 1.95. The maximum Gasteiger partial charge on any atom is 0.325 e. The summed E-state index contributed by atoms with van der Waals surface area (Å²) in [5.41, 5.74) is 7.24. The SMILES string of the molecule is CCOC(=O)CNc1cccc(SC)c1C(N)=S. The lowest BCUT2D eigenvalue weighted by molar-refractivity contribution is -0.140. The first-order valence-corrected chi connectivity index (χ1v) is 7.09. The Morgan fingerprint density at radius 2 is 2.28 bits per heavy atom. The van der Waals surface area contributed by atoms with Crippen LogP contribution < -0.4 is 11.1 Å². The van der Waals surface area contributed by atoms with Gasteiger partial charge in [-0.15, -0.1) is 11.8 Å². The van der Waals surface area contributed by atoms with Crippen molar-refractivity contribution < 1.29 is 9.53 Å². The standard InChI is InChI=1S/C12H16N2O2S2/c1-3-16-10(15)7-14-8-5-4-6-9(18-2)11(8)12(13)17/h4-6,14H,3,7H2,1-2H3,(H2,13,17). The van der Waals surface area contributed by atoms with Crippen molar-refractivity contribution >= 4 is 40.6 Å². The van der Waals surface area contributed by atoms with Crippen LogP contribution in [0.4, 0.5) is 5.69 Å². The van der Waals surface area contributed by atoms with Gasteiger partial charge in [0.05, 0.1) is 6.61 Å². The molecule has 1 aromatic carbocycles. The fraction of sp³-hybridized carbons (Fsp3) is 0.333. The average Bonchev–Trinajstić information content (AvgIpc) is 2.35. The molecule has 4 nitrogen and oxygen atoms in total. The summed E-state index contributed by atoms with van der Waals surface area (Å²) < 4.78 is 4.85. The number of carbonyl (C=O) groups excluding carboxylic acids is 1. The second kappa shape index (κ2) is 7.23. The Kier molecular flexibility index (Phi) is 5.94. The maximum absolute atomic E-state index is 11.3. The number of carbonyl (C=O) groups is 1. The van der Waals surface area contributed by atoms with E-state index in [0.717, 1.165) is 16.1 Å². The van der Waals surface area contributed by atoms with E-state index in [0.29, 0.717) is 11.6 Å². The molecule has 0 amide bonds. The fourth-order valence-corrected chi connectivity index (χ4v) is 2.41. The molecule has 1 rings (SSSR count). The number of hydrogen-bond acceptors (Lipinski definition) is 5. The average molecular weight is 284 g/mol. The molecule has 0 spiro atoms. The third kappa shape index (κ3) is 3.89. The van der Waals surface area contributed by atoms with E-state index < -0.39 is 0 Å². The zero-order valence-electron chi connectivity index (χ0n) is 10.4. The first-order chi connectivity index (χ1) is 8.60. The molecule has 6 heteroatoms. The van der Waals surface area contributed by atoms with Gasteiger partial charge in [0.15, 0.2) is 0 Å². The van der Waals surface area contributed by atoms with Crippen molar-refractivity contribution in [2.24, 2.45) is 5.73 Å². The van der Waals surface area contributed by atoms with E-state index in [-0.39, 0.29) is 12.5 Å². The van der Waals surface area contributed by atoms with Crippen molar-refractivity contribution in [1.82, 2.24) is 0 Å². The number of rotatable bonds is 6. The highest BCUT2D eigenvalue weighted by atomic mass is 32.2. The number of benzene rings is 1. The first-order valence-electron chi connectivity index (χ1n) is 5.46. The summed E-state index contributed by atoms with van der Waals surface area (Å²) in [6, 6.07) is 5.67. The third-order valence-electron chi connectivity index (χ3n) is 2.22. The molecule has 3 N–H and O–H groups in total. The lowest BCUT2D eigenvalue weighted by Gasteiger charge is -2.13. The van der Waals surface area contributed by atoms with Gasteiger partial charge in [-0.3, -0.25) is 4.79 Å². The molecule has 0 radical (unpaired) electrons. The summed E-state index contributed by atoms with van der Waals surface area (Å²) in [7, 11) is 0. The van der Waals surface area contributed by atoms with E-state index in [1.54, 1.807) is 18.7 Å². The number of nitrogens with two attached hydrogens (primary N) is 1. The van der Waals surface area contributed by atoms with E-state index in [4.69, 9.17) is 22.7 Å². The van der Waals surface area contributed by atoms with Gasteiger partial charge in [-0.25, -0.2) is 0 Å². The minimum Gasteiger partial charge on any atom is -0.465 e. The molecule has 18 heavy (non-hydrogen) atoms. The minimum atomic E-state index is -0.305. The lowest BCUT2D eigenvalue weighted by Crippen LogP contribution is -2.20. The van der Waals surface area contributed by atoms with Crippen molar-refractivity contribution in [3.63, 3.8) is 0 Å². The predicted octanol–water partition coefficient (Wildman–Crippen LogP) is 2.02. The quantitative estimate of drug-likeness (QED) is 0.473. The van der Waals surface area contributed by atoms with Crippen molar-refractivity contribution in [1.29, 1.82) is 0 Å². The molecule has 0 heterocycles. The number of esters is 1. The maximum atomic E-state index is 11.3. The number of thiocarbonyl (C=S) groups is 1. The Balaban J connectivity index is 2.88. The van der Waals surface area contributed by atoms with Gasteiger partial charge in [-0.2, -0.15) is 0 Å². The Morgan fingerprint density at radius 3 is 2.83 bits per heavy atom. The monoisotopic (exact) mass is 284 g/mol. The molecule has 0 aliphatic heterocycles. The third-order valence-corrected chi connectivity index (χ3v) is 3.21. The highest BCUT2D eigenvalue weighted by Crippen LogP contribution is 2.26. The molecule has 0 fully saturated rings. The lowest BCUT2D eigenvalue weighted by atomic mass is 10.1. The van der Waals surface area contributed by atoms with Crippen molar-refractivity contribution in [3.05, 3.63) is 23.8 Å². The summed E-state index contributed by atoms with van der Waals surface area (Å²) >= 11 is 6.60. The molecule has 0 atom stereocenters. The Bertz CT molecular complexity index is 450. The molecule has 98 valence electrons. The van der Waals surface area contributed by atoms with Crippen molar-refractivity contribution in [2.45, 2.75) is 11.8 Å². The first kappa shape index (κ1) is 14.8.